The van der Waals surface area contributed by atoms with Crippen LogP contribution in [0.1, 0.15) is 6.92 Å². The monoisotopic (exact) mass is 399 g/mol. The number of rotatable bonds is 6. The standard InChI is InChI=1S/C15H17N3O6S2/c1-10(19)17-14-8-7-13(9-15(14)24-2)26(22,23)18-11-3-5-12(6-4-11)25(16,20)21/h3-9,18H,1-2H3,(H,17,19)(H2,16,20,21). The van der Waals surface area contributed by atoms with Gasteiger partial charge in [0, 0.05) is 18.7 Å². The summed E-state index contributed by atoms with van der Waals surface area (Å²) in [6.07, 6.45) is 0. The quantitative estimate of drug-likeness (QED) is 0.663. The van der Waals surface area contributed by atoms with Crippen LogP contribution in [-0.4, -0.2) is 29.9 Å². The van der Waals surface area contributed by atoms with Gasteiger partial charge in [-0.05, 0) is 36.4 Å². The SMILES string of the molecule is COc1cc(S(=O)(=O)Nc2ccc(S(N)(=O)=O)cc2)ccc1NC(C)=O. The highest BCUT2D eigenvalue weighted by Gasteiger charge is 2.18. The molecule has 0 saturated heterocycles. The molecule has 0 heterocycles. The van der Waals surface area contributed by atoms with Gasteiger partial charge in [0.25, 0.3) is 10.0 Å². The van der Waals surface area contributed by atoms with Crippen LogP contribution >= 0.6 is 0 Å². The lowest BCUT2D eigenvalue weighted by Crippen LogP contribution is -2.15. The van der Waals surface area contributed by atoms with Crippen LogP contribution in [0, 0.1) is 0 Å². The maximum absolute atomic E-state index is 12.5. The molecular weight excluding hydrogens is 382 g/mol. The third kappa shape index (κ3) is 4.71. The highest BCUT2D eigenvalue weighted by atomic mass is 32.2. The second-order valence-corrected chi connectivity index (χ2v) is 8.46. The Hall–Kier alpha value is -2.63. The highest BCUT2D eigenvalue weighted by molar-refractivity contribution is 7.92. The van der Waals surface area contributed by atoms with Crippen molar-refractivity contribution >= 4 is 37.3 Å². The van der Waals surface area contributed by atoms with Crippen molar-refractivity contribution in [2.45, 2.75) is 16.7 Å². The molecular formula is C15H17N3O6S2. The largest absolute Gasteiger partial charge is 0.495 e. The molecule has 4 N–H and O–H groups in total. The molecule has 0 aliphatic rings. The Morgan fingerprint density at radius 2 is 1.58 bits per heavy atom. The Labute approximate surface area is 151 Å². The van der Waals surface area contributed by atoms with E-state index in [-0.39, 0.29) is 27.1 Å². The summed E-state index contributed by atoms with van der Waals surface area (Å²) in [6, 6.07) is 8.89. The van der Waals surface area contributed by atoms with Crippen LogP contribution in [0.4, 0.5) is 11.4 Å². The van der Waals surface area contributed by atoms with Gasteiger partial charge in [0.1, 0.15) is 5.75 Å². The minimum atomic E-state index is -3.96. The number of nitrogens with one attached hydrogen (secondary N) is 2. The Bertz CT molecular complexity index is 1030. The Balaban J connectivity index is 2.31. The number of amides is 1. The first-order valence-corrected chi connectivity index (χ1v) is 10.2. The van der Waals surface area contributed by atoms with Crippen LogP contribution in [0.5, 0.6) is 5.75 Å². The molecule has 0 aromatic heterocycles. The molecule has 0 spiro atoms. The molecule has 140 valence electrons. The summed E-state index contributed by atoms with van der Waals surface area (Å²) in [7, 11) is -6.49. The van der Waals surface area contributed by atoms with E-state index >= 15 is 0 Å². The highest BCUT2D eigenvalue weighted by Crippen LogP contribution is 2.28. The van der Waals surface area contributed by atoms with Crippen LogP contribution in [0.2, 0.25) is 0 Å². The molecule has 0 aliphatic carbocycles. The van der Waals surface area contributed by atoms with Crippen molar-refractivity contribution in [3.05, 3.63) is 42.5 Å². The zero-order chi connectivity index (χ0) is 19.5. The van der Waals surface area contributed by atoms with Gasteiger partial charge in [0.15, 0.2) is 0 Å². The summed E-state index contributed by atoms with van der Waals surface area (Å²) < 4.78 is 54.8. The molecule has 2 aromatic rings. The number of anilines is 2. The number of methoxy groups -OCH3 is 1. The molecule has 0 saturated carbocycles. The number of sulfonamides is 2. The van der Waals surface area contributed by atoms with E-state index in [1.54, 1.807) is 0 Å². The van der Waals surface area contributed by atoms with E-state index in [9.17, 15) is 21.6 Å². The van der Waals surface area contributed by atoms with Crippen LogP contribution in [0.25, 0.3) is 0 Å². The number of hydrogen-bond acceptors (Lipinski definition) is 6. The smallest absolute Gasteiger partial charge is 0.262 e. The van der Waals surface area contributed by atoms with Crippen molar-refractivity contribution in [1.82, 2.24) is 0 Å². The van der Waals surface area contributed by atoms with Crippen molar-refractivity contribution in [3.8, 4) is 5.75 Å². The van der Waals surface area contributed by atoms with Crippen molar-refractivity contribution in [1.29, 1.82) is 0 Å². The van der Waals surface area contributed by atoms with Gasteiger partial charge in [-0.15, -0.1) is 0 Å². The average Bonchev–Trinajstić information content (AvgIpc) is 2.53. The molecule has 2 aromatic carbocycles. The summed E-state index contributed by atoms with van der Waals surface area (Å²) in [4.78, 5) is 10.9. The number of carbonyl (C=O) groups is 1. The summed E-state index contributed by atoms with van der Waals surface area (Å²) >= 11 is 0. The summed E-state index contributed by atoms with van der Waals surface area (Å²) in [5.74, 6) is -0.153. The number of nitrogens with two attached hydrogens (primary N) is 1. The molecule has 2 rings (SSSR count). The number of ether oxygens (including phenoxy) is 1. The lowest BCUT2D eigenvalue weighted by atomic mass is 10.3. The summed E-state index contributed by atoms with van der Waals surface area (Å²) in [6.45, 7) is 1.32. The molecule has 1 amide bonds. The first-order chi connectivity index (χ1) is 12.0. The number of benzene rings is 2. The van der Waals surface area contributed by atoms with Crippen LogP contribution in [0.15, 0.2) is 52.3 Å². The first kappa shape index (κ1) is 19.7. The third-order valence-corrected chi connectivity index (χ3v) is 5.54. The fourth-order valence-corrected chi connectivity index (χ4v) is 3.65. The maximum Gasteiger partial charge on any atom is 0.262 e. The summed E-state index contributed by atoms with van der Waals surface area (Å²) in [5, 5.41) is 7.52. The van der Waals surface area contributed by atoms with Crippen LogP contribution in [-0.2, 0) is 24.8 Å². The topological polar surface area (TPSA) is 145 Å². The number of hydrogen-bond donors (Lipinski definition) is 3. The maximum atomic E-state index is 12.5. The van der Waals surface area contributed by atoms with Crippen molar-refractivity contribution in [2.75, 3.05) is 17.1 Å². The predicted octanol–water partition coefficient (Wildman–Crippen LogP) is 1.10. The summed E-state index contributed by atoms with van der Waals surface area (Å²) in [5.41, 5.74) is 0.485. The Morgan fingerprint density at radius 3 is 2.08 bits per heavy atom. The number of primary sulfonamides is 1. The lowest BCUT2D eigenvalue weighted by molar-refractivity contribution is -0.114. The van der Waals surface area contributed by atoms with E-state index < -0.39 is 20.0 Å². The van der Waals surface area contributed by atoms with Crippen LogP contribution < -0.4 is 19.9 Å². The number of carbonyl (C=O) groups excluding carboxylic acids is 1. The second-order valence-electron chi connectivity index (χ2n) is 5.22. The zero-order valence-corrected chi connectivity index (χ0v) is 15.5. The normalized spacial score (nSPS) is 11.7. The second kappa shape index (κ2) is 7.32. The van der Waals surface area contributed by atoms with E-state index in [0.29, 0.717) is 5.69 Å². The molecule has 0 radical (unpaired) electrons. The van der Waals surface area contributed by atoms with Crippen molar-refractivity contribution in [2.24, 2.45) is 5.14 Å². The van der Waals surface area contributed by atoms with Gasteiger partial charge in [-0.25, -0.2) is 22.0 Å². The predicted molar refractivity (Wildman–Crippen MR) is 95.9 cm³/mol. The van der Waals surface area contributed by atoms with Gasteiger partial charge in [-0.3, -0.25) is 9.52 Å². The average molecular weight is 399 g/mol. The van der Waals surface area contributed by atoms with Gasteiger partial charge in [-0.1, -0.05) is 0 Å². The van der Waals surface area contributed by atoms with Crippen molar-refractivity contribution in [3.63, 3.8) is 0 Å². The molecule has 0 unspecified atom stereocenters. The fraction of sp³-hybridized carbons (Fsp3) is 0.133. The van der Waals surface area contributed by atoms with Gasteiger partial charge in [-0.2, -0.15) is 0 Å². The van der Waals surface area contributed by atoms with Crippen LogP contribution in [0.3, 0.4) is 0 Å². The minimum absolute atomic E-state index is 0.0982. The molecule has 0 bridgehead atoms. The van der Waals surface area contributed by atoms with E-state index in [1.165, 1.54) is 56.5 Å². The zero-order valence-electron chi connectivity index (χ0n) is 13.9. The molecule has 9 nitrogen and oxygen atoms in total. The first-order valence-electron chi connectivity index (χ1n) is 7.14. The van der Waals surface area contributed by atoms with E-state index in [1.807, 2.05) is 0 Å². The van der Waals surface area contributed by atoms with Gasteiger partial charge in [0.2, 0.25) is 15.9 Å². The molecule has 0 aliphatic heterocycles. The van der Waals surface area contributed by atoms with E-state index in [2.05, 4.69) is 10.0 Å². The Morgan fingerprint density at radius 1 is 1.00 bits per heavy atom. The Kier molecular flexibility index (Phi) is 5.54. The van der Waals surface area contributed by atoms with E-state index in [4.69, 9.17) is 9.88 Å². The van der Waals surface area contributed by atoms with Gasteiger partial charge < -0.3 is 10.1 Å². The molecule has 11 heteroatoms. The van der Waals surface area contributed by atoms with Crippen molar-refractivity contribution < 1.29 is 26.4 Å². The molecule has 0 fully saturated rings. The lowest BCUT2D eigenvalue weighted by Gasteiger charge is -2.12. The van der Waals surface area contributed by atoms with E-state index in [0.717, 1.165) is 0 Å². The molecule has 0 atom stereocenters. The minimum Gasteiger partial charge on any atom is -0.495 e. The van der Waals surface area contributed by atoms with Gasteiger partial charge in [0.05, 0.1) is 22.6 Å². The fourth-order valence-electron chi connectivity index (χ4n) is 2.06. The van der Waals surface area contributed by atoms with Gasteiger partial charge >= 0.3 is 0 Å². The third-order valence-electron chi connectivity index (χ3n) is 3.23. The molecule has 26 heavy (non-hydrogen) atoms.